The van der Waals surface area contributed by atoms with Crippen LogP contribution in [-0.2, 0) is 13.0 Å². The quantitative estimate of drug-likeness (QED) is 0.797. The number of nitrogens with two attached hydrogens (primary N) is 1. The smallest absolute Gasteiger partial charge is 0.257 e. The van der Waals surface area contributed by atoms with E-state index in [1.807, 2.05) is 24.3 Å². The van der Waals surface area contributed by atoms with Crippen LogP contribution in [0.5, 0.6) is 0 Å². The molecule has 1 aromatic heterocycles. The van der Waals surface area contributed by atoms with Crippen molar-refractivity contribution in [1.29, 1.82) is 0 Å². The first-order chi connectivity index (χ1) is 10.2. The molecule has 4 heteroatoms. The number of aryl methyl sites for hydroxylation is 1. The summed E-state index contributed by atoms with van der Waals surface area (Å²) in [4.78, 5) is 4.44. The van der Waals surface area contributed by atoms with E-state index in [4.69, 9.17) is 10.3 Å². The summed E-state index contributed by atoms with van der Waals surface area (Å²) in [5.74, 6) is 1.23. The number of benzene rings is 2. The summed E-state index contributed by atoms with van der Waals surface area (Å²) < 4.78 is 5.33. The fraction of sp³-hybridized carbons (Fsp3) is 0.176. The molecule has 2 N–H and O–H groups in total. The second-order valence-electron chi connectivity index (χ2n) is 5.08. The molecule has 2 aromatic carbocycles. The lowest BCUT2D eigenvalue weighted by Gasteiger charge is -1.98. The third-order valence-electron chi connectivity index (χ3n) is 3.39. The molecule has 0 radical (unpaired) electrons. The Morgan fingerprint density at radius 2 is 1.62 bits per heavy atom. The lowest BCUT2D eigenvalue weighted by Crippen LogP contribution is -1.95. The number of hydrogen-bond acceptors (Lipinski definition) is 4. The highest BCUT2D eigenvalue weighted by Crippen LogP contribution is 2.18. The van der Waals surface area contributed by atoms with Gasteiger partial charge in [-0.2, -0.15) is 4.98 Å². The molecule has 0 aliphatic carbocycles. The summed E-state index contributed by atoms with van der Waals surface area (Å²) >= 11 is 0. The molecule has 106 valence electrons. The Kier molecular flexibility index (Phi) is 3.79. The Morgan fingerprint density at radius 1 is 0.952 bits per heavy atom. The maximum atomic E-state index is 5.59. The van der Waals surface area contributed by atoms with E-state index in [9.17, 15) is 0 Å². The van der Waals surface area contributed by atoms with Crippen LogP contribution in [0.1, 0.15) is 22.5 Å². The van der Waals surface area contributed by atoms with Gasteiger partial charge in [0.2, 0.25) is 0 Å². The predicted molar refractivity (Wildman–Crippen MR) is 81.6 cm³/mol. The molecule has 0 bridgehead atoms. The van der Waals surface area contributed by atoms with Crippen LogP contribution in [0.3, 0.4) is 0 Å². The molecule has 0 aliphatic heterocycles. The van der Waals surface area contributed by atoms with Crippen LogP contribution < -0.4 is 5.73 Å². The molecular formula is C17H17N3O. The highest BCUT2D eigenvalue weighted by Gasteiger charge is 2.09. The molecular weight excluding hydrogens is 262 g/mol. The minimum atomic E-state index is 0.531. The monoisotopic (exact) mass is 279 g/mol. The van der Waals surface area contributed by atoms with Crippen molar-refractivity contribution < 1.29 is 4.52 Å². The molecule has 1 heterocycles. The molecule has 0 amide bonds. The Labute approximate surface area is 123 Å². The van der Waals surface area contributed by atoms with Gasteiger partial charge < -0.3 is 10.3 Å². The van der Waals surface area contributed by atoms with Crippen molar-refractivity contribution in [2.45, 2.75) is 19.9 Å². The maximum Gasteiger partial charge on any atom is 0.257 e. The predicted octanol–water partition coefficient (Wildman–Crippen LogP) is 3.09. The Hall–Kier alpha value is -2.46. The van der Waals surface area contributed by atoms with Crippen LogP contribution >= 0.6 is 0 Å². The Balaban J connectivity index is 1.77. The molecule has 0 saturated heterocycles. The van der Waals surface area contributed by atoms with Crippen molar-refractivity contribution in [3.8, 4) is 11.5 Å². The molecule has 0 atom stereocenters. The van der Waals surface area contributed by atoms with Crippen molar-refractivity contribution in [3.05, 3.63) is 71.0 Å². The van der Waals surface area contributed by atoms with Gasteiger partial charge in [0.05, 0.1) is 0 Å². The zero-order valence-corrected chi connectivity index (χ0v) is 11.9. The average Bonchev–Trinajstić information content (AvgIpc) is 2.98. The van der Waals surface area contributed by atoms with Crippen LogP contribution in [0.2, 0.25) is 0 Å². The van der Waals surface area contributed by atoms with Crippen molar-refractivity contribution in [2.24, 2.45) is 5.73 Å². The van der Waals surface area contributed by atoms with Gasteiger partial charge in [-0.1, -0.05) is 47.1 Å². The summed E-state index contributed by atoms with van der Waals surface area (Å²) in [6.07, 6.45) is 0.671. The maximum absolute atomic E-state index is 5.59. The van der Waals surface area contributed by atoms with E-state index in [2.05, 4.69) is 41.3 Å². The summed E-state index contributed by atoms with van der Waals surface area (Å²) in [6.45, 7) is 2.60. The highest BCUT2D eigenvalue weighted by molar-refractivity contribution is 5.53. The normalized spacial score (nSPS) is 10.8. The molecule has 0 aliphatic rings. The minimum absolute atomic E-state index is 0.531. The van der Waals surface area contributed by atoms with E-state index < -0.39 is 0 Å². The average molecular weight is 279 g/mol. The fourth-order valence-corrected chi connectivity index (χ4v) is 2.11. The first kappa shape index (κ1) is 13.5. The van der Waals surface area contributed by atoms with Crippen molar-refractivity contribution in [2.75, 3.05) is 0 Å². The van der Waals surface area contributed by atoms with Crippen LogP contribution in [0.25, 0.3) is 11.5 Å². The first-order valence-electron chi connectivity index (χ1n) is 6.92. The van der Waals surface area contributed by atoms with Gasteiger partial charge >= 0.3 is 0 Å². The van der Waals surface area contributed by atoms with Gasteiger partial charge in [0.15, 0.2) is 5.82 Å². The van der Waals surface area contributed by atoms with Crippen molar-refractivity contribution in [1.82, 2.24) is 10.1 Å². The molecule has 3 aromatic rings. The highest BCUT2D eigenvalue weighted by atomic mass is 16.5. The number of aromatic nitrogens is 2. The zero-order chi connectivity index (χ0) is 14.7. The fourth-order valence-electron chi connectivity index (χ4n) is 2.11. The molecule has 0 unspecified atom stereocenters. The third-order valence-corrected chi connectivity index (χ3v) is 3.39. The van der Waals surface area contributed by atoms with Gasteiger partial charge in [-0.3, -0.25) is 0 Å². The van der Waals surface area contributed by atoms with Crippen LogP contribution in [0.4, 0.5) is 0 Å². The van der Waals surface area contributed by atoms with Crippen molar-refractivity contribution in [3.63, 3.8) is 0 Å². The van der Waals surface area contributed by atoms with E-state index in [0.29, 0.717) is 24.7 Å². The second kappa shape index (κ2) is 5.89. The SMILES string of the molecule is Cc1ccc(Cc2noc(-c3ccc(CN)cc3)n2)cc1. The summed E-state index contributed by atoms with van der Waals surface area (Å²) in [5, 5.41) is 4.04. The number of hydrogen-bond donors (Lipinski definition) is 1. The third kappa shape index (κ3) is 3.17. The van der Waals surface area contributed by atoms with Gasteiger partial charge in [0, 0.05) is 18.5 Å². The van der Waals surface area contributed by atoms with E-state index in [-0.39, 0.29) is 0 Å². The number of nitrogens with zero attached hydrogens (tertiary/aromatic N) is 2. The molecule has 4 nitrogen and oxygen atoms in total. The second-order valence-corrected chi connectivity index (χ2v) is 5.08. The van der Waals surface area contributed by atoms with Crippen LogP contribution in [0, 0.1) is 6.92 Å². The molecule has 0 saturated carbocycles. The largest absolute Gasteiger partial charge is 0.334 e. The molecule has 21 heavy (non-hydrogen) atoms. The Morgan fingerprint density at radius 3 is 2.29 bits per heavy atom. The molecule has 0 fully saturated rings. The molecule has 3 rings (SSSR count). The van der Waals surface area contributed by atoms with E-state index in [1.54, 1.807) is 0 Å². The first-order valence-corrected chi connectivity index (χ1v) is 6.92. The minimum Gasteiger partial charge on any atom is -0.334 e. The van der Waals surface area contributed by atoms with E-state index >= 15 is 0 Å². The zero-order valence-electron chi connectivity index (χ0n) is 11.9. The van der Waals surface area contributed by atoms with Crippen molar-refractivity contribution >= 4 is 0 Å². The van der Waals surface area contributed by atoms with Gasteiger partial charge in [-0.15, -0.1) is 0 Å². The number of rotatable bonds is 4. The van der Waals surface area contributed by atoms with Gasteiger partial charge in [0.1, 0.15) is 0 Å². The standard InChI is InChI=1S/C17H17N3O/c1-12-2-4-13(5-3-12)10-16-19-17(21-20-16)15-8-6-14(11-18)7-9-15/h2-9H,10-11,18H2,1H3. The van der Waals surface area contributed by atoms with Gasteiger partial charge in [0.25, 0.3) is 5.89 Å². The lowest BCUT2D eigenvalue weighted by molar-refractivity contribution is 0.424. The van der Waals surface area contributed by atoms with Gasteiger partial charge in [-0.05, 0) is 30.2 Å². The summed E-state index contributed by atoms with van der Waals surface area (Å²) in [7, 11) is 0. The van der Waals surface area contributed by atoms with E-state index in [0.717, 1.165) is 11.1 Å². The molecule has 0 spiro atoms. The van der Waals surface area contributed by atoms with E-state index in [1.165, 1.54) is 11.1 Å². The van der Waals surface area contributed by atoms with Crippen LogP contribution in [0.15, 0.2) is 53.1 Å². The lowest BCUT2D eigenvalue weighted by atomic mass is 10.1. The summed E-state index contributed by atoms with van der Waals surface area (Å²) in [6, 6.07) is 16.2. The topological polar surface area (TPSA) is 64.9 Å². The van der Waals surface area contributed by atoms with Gasteiger partial charge in [-0.25, -0.2) is 0 Å². The van der Waals surface area contributed by atoms with Crippen LogP contribution in [-0.4, -0.2) is 10.1 Å². The summed E-state index contributed by atoms with van der Waals surface area (Å²) in [5.41, 5.74) is 10.00. The Bertz CT molecular complexity index is 715.